The summed E-state index contributed by atoms with van der Waals surface area (Å²) in [5.41, 5.74) is 2.97. The smallest absolute Gasteiger partial charge is 0.407 e. The maximum atomic E-state index is 14.6. The second-order valence-corrected chi connectivity index (χ2v) is 8.02. The number of oxime groups is 1. The van der Waals surface area contributed by atoms with Gasteiger partial charge < -0.3 is 20.0 Å². The van der Waals surface area contributed by atoms with Gasteiger partial charge in [-0.25, -0.2) is 14.2 Å². The number of hydrogen-bond donors (Lipinski definition) is 2. The van der Waals surface area contributed by atoms with Gasteiger partial charge in [0.1, 0.15) is 12.4 Å². The number of fused-ring (bicyclic) bond motifs is 1. The zero-order chi connectivity index (χ0) is 23.9. The molecule has 0 aliphatic carbocycles. The van der Waals surface area contributed by atoms with Gasteiger partial charge in [0.2, 0.25) is 5.88 Å². The first-order chi connectivity index (χ1) is 16.6. The number of benzene rings is 1. The Labute approximate surface area is 196 Å². The number of halogens is 1. The molecule has 9 nitrogen and oxygen atoms in total. The summed E-state index contributed by atoms with van der Waals surface area (Å²) in [6.45, 7) is 1.94. The van der Waals surface area contributed by atoms with E-state index in [4.69, 9.17) is 9.47 Å². The number of likely N-dealkylation sites (tertiary alicyclic amines) is 1. The van der Waals surface area contributed by atoms with Gasteiger partial charge in [-0.3, -0.25) is 9.88 Å². The van der Waals surface area contributed by atoms with Gasteiger partial charge in [-0.2, -0.15) is 0 Å². The van der Waals surface area contributed by atoms with E-state index >= 15 is 0 Å². The van der Waals surface area contributed by atoms with Crippen LogP contribution in [0, 0.1) is 11.7 Å². The van der Waals surface area contributed by atoms with Gasteiger partial charge >= 0.3 is 6.09 Å². The lowest BCUT2D eigenvalue weighted by Gasteiger charge is -2.16. The first-order valence-corrected chi connectivity index (χ1v) is 10.9. The summed E-state index contributed by atoms with van der Waals surface area (Å²) >= 11 is 0. The van der Waals surface area contributed by atoms with Crippen LogP contribution >= 0.6 is 0 Å². The number of hydrogen-bond acceptors (Lipinski definition) is 8. The van der Waals surface area contributed by atoms with E-state index in [1.165, 1.54) is 13.3 Å². The van der Waals surface area contributed by atoms with Crippen LogP contribution in [-0.4, -0.2) is 65.2 Å². The van der Waals surface area contributed by atoms with E-state index in [1.54, 1.807) is 12.1 Å². The van der Waals surface area contributed by atoms with E-state index in [0.29, 0.717) is 54.2 Å². The van der Waals surface area contributed by atoms with Crippen molar-refractivity contribution in [2.24, 2.45) is 11.1 Å². The molecule has 10 heteroatoms. The third-order valence-electron chi connectivity index (χ3n) is 5.80. The van der Waals surface area contributed by atoms with Crippen molar-refractivity contribution in [1.82, 2.24) is 20.2 Å². The highest BCUT2D eigenvalue weighted by atomic mass is 19.1. The third kappa shape index (κ3) is 5.57. The second-order valence-electron chi connectivity index (χ2n) is 8.02. The summed E-state index contributed by atoms with van der Waals surface area (Å²) in [4.78, 5) is 22.6. The van der Waals surface area contributed by atoms with Crippen LogP contribution < -0.4 is 10.1 Å². The number of aromatic nitrogens is 2. The summed E-state index contributed by atoms with van der Waals surface area (Å²) in [6, 6.07) is 12.8. The van der Waals surface area contributed by atoms with Crippen molar-refractivity contribution in [1.29, 1.82) is 0 Å². The predicted octanol–water partition coefficient (Wildman–Crippen LogP) is 3.01. The molecule has 178 valence electrons. The Morgan fingerprint density at radius 3 is 2.88 bits per heavy atom. The molecule has 1 fully saturated rings. The van der Waals surface area contributed by atoms with Crippen LogP contribution in [0.5, 0.6) is 5.88 Å². The molecule has 4 rings (SSSR count). The number of amides is 1. The number of carbonyl (C=O) groups is 1. The summed E-state index contributed by atoms with van der Waals surface area (Å²) in [7, 11) is 1.51. The van der Waals surface area contributed by atoms with Crippen LogP contribution in [0.3, 0.4) is 0 Å². The molecular formula is C24H26FN5O4. The normalized spacial score (nSPS) is 17.2. The molecule has 0 unspecified atom stereocenters. The first-order valence-electron chi connectivity index (χ1n) is 10.9. The molecule has 0 bridgehead atoms. The monoisotopic (exact) mass is 467 g/mol. The summed E-state index contributed by atoms with van der Waals surface area (Å²) in [6.07, 6.45) is 1.05. The molecule has 0 spiro atoms. The first kappa shape index (κ1) is 23.4. The number of ether oxygens (including phenoxy) is 2. The van der Waals surface area contributed by atoms with Crippen LogP contribution in [-0.2, 0) is 17.8 Å². The number of pyridine rings is 2. The van der Waals surface area contributed by atoms with E-state index in [9.17, 15) is 14.4 Å². The fraction of sp³-hybridized carbons (Fsp3) is 0.333. The zero-order valence-electron chi connectivity index (χ0n) is 18.8. The molecule has 2 N–H and O–H groups in total. The van der Waals surface area contributed by atoms with Gasteiger partial charge in [-0.1, -0.05) is 35.5 Å². The largest absolute Gasteiger partial charge is 0.481 e. The second kappa shape index (κ2) is 10.9. The van der Waals surface area contributed by atoms with Crippen molar-refractivity contribution in [3.63, 3.8) is 0 Å². The lowest BCUT2D eigenvalue weighted by Crippen LogP contribution is -2.33. The van der Waals surface area contributed by atoms with Crippen LogP contribution in [0.2, 0.25) is 0 Å². The third-order valence-corrected chi connectivity index (χ3v) is 5.80. The highest BCUT2D eigenvalue weighted by Gasteiger charge is 2.30. The molecule has 1 aliphatic heterocycles. The maximum Gasteiger partial charge on any atom is 0.407 e. The highest BCUT2D eigenvalue weighted by Crippen LogP contribution is 2.22. The molecule has 1 atom stereocenters. The Bertz CT molecular complexity index is 1170. The zero-order valence-corrected chi connectivity index (χ0v) is 18.8. The van der Waals surface area contributed by atoms with Crippen LogP contribution in [0.1, 0.15) is 11.1 Å². The lowest BCUT2D eigenvalue weighted by atomic mass is 10.1. The summed E-state index contributed by atoms with van der Waals surface area (Å²) < 4.78 is 25.0. The molecule has 3 heterocycles. The lowest BCUT2D eigenvalue weighted by molar-refractivity contribution is 0.138. The number of nitrogens with zero attached hydrogens (tertiary/aromatic N) is 4. The van der Waals surface area contributed by atoms with Gasteiger partial charge in [0, 0.05) is 43.7 Å². The molecule has 3 aromatic rings. The molecular weight excluding hydrogens is 441 g/mol. The summed E-state index contributed by atoms with van der Waals surface area (Å²) in [5, 5.41) is 15.6. The Hall–Kier alpha value is -3.79. The van der Waals surface area contributed by atoms with E-state index in [2.05, 4.69) is 20.4 Å². The van der Waals surface area contributed by atoms with E-state index in [1.807, 2.05) is 35.2 Å². The fourth-order valence-electron chi connectivity index (χ4n) is 3.99. The maximum absolute atomic E-state index is 14.6. The number of alkyl carbamates (subject to hydrolysis) is 1. The Morgan fingerprint density at radius 1 is 1.29 bits per heavy atom. The van der Waals surface area contributed by atoms with Crippen molar-refractivity contribution in [2.45, 2.75) is 13.0 Å². The number of nitrogens with one attached hydrogen (secondary N) is 1. The minimum Gasteiger partial charge on any atom is -0.481 e. The van der Waals surface area contributed by atoms with Gasteiger partial charge in [0.15, 0.2) is 0 Å². The molecule has 0 radical (unpaired) electrons. The topological polar surface area (TPSA) is 109 Å². The fourth-order valence-corrected chi connectivity index (χ4v) is 3.99. The average molecular weight is 468 g/mol. The van der Waals surface area contributed by atoms with Gasteiger partial charge in [0.25, 0.3) is 0 Å². The molecule has 34 heavy (non-hydrogen) atoms. The highest BCUT2D eigenvalue weighted by molar-refractivity contribution is 5.90. The van der Waals surface area contributed by atoms with Crippen molar-refractivity contribution in [2.75, 3.05) is 33.3 Å². The molecule has 1 aromatic carbocycles. The molecule has 0 saturated carbocycles. The Morgan fingerprint density at radius 2 is 2.12 bits per heavy atom. The van der Waals surface area contributed by atoms with E-state index in [0.717, 1.165) is 5.56 Å². The van der Waals surface area contributed by atoms with Crippen molar-refractivity contribution in [3.8, 4) is 5.88 Å². The minimum absolute atomic E-state index is 0.175. The molecule has 2 aromatic heterocycles. The Kier molecular flexibility index (Phi) is 7.48. The quantitative estimate of drug-likeness (QED) is 0.387. The van der Waals surface area contributed by atoms with Gasteiger partial charge in [-0.05, 0) is 18.1 Å². The molecule has 1 aliphatic rings. The van der Waals surface area contributed by atoms with Crippen molar-refractivity contribution < 1.29 is 23.9 Å². The van der Waals surface area contributed by atoms with E-state index < -0.39 is 11.9 Å². The number of rotatable bonds is 8. The minimum atomic E-state index is -0.537. The van der Waals surface area contributed by atoms with Crippen LogP contribution in [0.4, 0.5) is 9.18 Å². The van der Waals surface area contributed by atoms with E-state index in [-0.39, 0.29) is 19.1 Å². The van der Waals surface area contributed by atoms with Crippen LogP contribution in [0.15, 0.2) is 53.8 Å². The average Bonchev–Trinajstić information content (AvgIpc) is 3.28. The summed E-state index contributed by atoms with van der Waals surface area (Å²) in [5.74, 6) is -0.211. The predicted molar refractivity (Wildman–Crippen MR) is 124 cm³/mol. The standard InChI is InChI=1S/C24H26FN5O4/c1-33-22-8-7-20-23(28-22)18(19(25)12-26-20)9-10-30-13-17(21(14-30)29-32)11-27-24(31)34-15-16-5-3-2-4-6-16/h2-8,12,17,32H,9-11,13-15H2,1H3,(H,27,31)/t17-/m1/s1. The van der Waals surface area contributed by atoms with Crippen molar-refractivity contribution >= 4 is 22.8 Å². The SMILES string of the molecule is COc1ccc2ncc(F)c(CCN3CC(=NO)[C@H](CNC(=O)OCc4ccccc4)C3)c2n1. The Balaban J connectivity index is 1.32. The van der Waals surface area contributed by atoms with Crippen LogP contribution in [0.25, 0.3) is 11.0 Å². The number of carbonyl (C=O) groups excluding carboxylic acids is 1. The van der Waals surface area contributed by atoms with Gasteiger partial charge in [0.05, 0.1) is 30.1 Å². The van der Waals surface area contributed by atoms with Crippen molar-refractivity contribution in [3.05, 3.63) is 65.6 Å². The van der Waals surface area contributed by atoms with Gasteiger partial charge in [-0.15, -0.1) is 0 Å². The number of methoxy groups -OCH3 is 1. The molecule has 1 amide bonds. The molecule has 1 saturated heterocycles.